The van der Waals surface area contributed by atoms with Gasteiger partial charge in [0.05, 0.1) is 11.9 Å². The molecule has 13 heavy (non-hydrogen) atoms. The van der Waals surface area contributed by atoms with E-state index in [-0.39, 0.29) is 0 Å². The van der Waals surface area contributed by atoms with Crippen LogP contribution in [0.4, 0.5) is 5.69 Å². The molecule has 0 atom stereocenters. The van der Waals surface area contributed by atoms with Crippen molar-refractivity contribution in [3.8, 4) is 6.07 Å². The van der Waals surface area contributed by atoms with Crippen molar-refractivity contribution in [2.75, 3.05) is 18.4 Å². The molecule has 1 aromatic heterocycles. The summed E-state index contributed by atoms with van der Waals surface area (Å²) >= 11 is 0. The zero-order chi connectivity index (χ0) is 9.52. The topological polar surface area (TPSA) is 74.7 Å². The fraction of sp³-hybridized carbons (Fsp3) is 0.333. The normalized spacial score (nSPS) is 9.23. The van der Waals surface area contributed by atoms with E-state index in [2.05, 4.69) is 10.3 Å². The highest BCUT2D eigenvalue weighted by molar-refractivity contribution is 5.42. The molecule has 0 saturated heterocycles. The molecule has 68 valence electrons. The maximum absolute atomic E-state index is 8.49. The van der Waals surface area contributed by atoms with Crippen molar-refractivity contribution in [2.24, 2.45) is 5.73 Å². The summed E-state index contributed by atoms with van der Waals surface area (Å²) in [6, 6.07) is 5.48. The summed E-state index contributed by atoms with van der Waals surface area (Å²) in [4.78, 5) is 3.92. The molecule has 0 fully saturated rings. The molecule has 0 spiro atoms. The van der Waals surface area contributed by atoms with Crippen LogP contribution in [0.2, 0.25) is 0 Å². The maximum Gasteiger partial charge on any atom is 0.140 e. The van der Waals surface area contributed by atoms with Gasteiger partial charge in [-0.2, -0.15) is 5.26 Å². The van der Waals surface area contributed by atoms with E-state index < -0.39 is 0 Å². The third-order valence-electron chi connectivity index (χ3n) is 1.59. The van der Waals surface area contributed by atoms with Crippen LogP contribution < -0.4 is 11.1 Å². The van der Waals surface area contributed by atoms with Gasteiger partial charge in [0, 0.05) is 6.54 Å². The van der Waals surface area contributed by atoms with Crippen LogP contribution in [-0.4, -0.2) is 18.1 Å². The largest absolute Gasteiger partial charge is 0.384 e. The van der Waals surface area contributed by atoms with Crippen molar-refractivity contribution < 1.29 is 0 Å². The van der Waals surface area contributed by atoms with Gasteiger partial charge in [-0.1, -0.05) is 0 Å². The van der Waals surface area contributed by atoms with E-state index in [1.165, 1.54) is 0 Å². The van der Waals surface area contributed by atoms with Crippen molar-refractivity contribution >= 4 is 5.69 Å². The first-order valence-corrected chi connectivity index (χ1v) is 4.17. The standard InChI is InChI=1S/C9H12N4/c10-4-1-5-12-9-3-2-8(6-11)13-7-9/h2-3,7,12H,1,4-5,10H2. The fourth-order valence-corrected chi connectivity index (χ4v) is 0.899. The van der Waals surface area contributed by atoms with Crippen LogP contribution in [0.3, 0.4) is 0 Å². The molecule has 0 aliphatic carbocycles. The predicted molar refractivity (Wildman–Crippen MR) is 51.1 cm³/mol. The van der Waals surface area contributed by atoms with Crippen LogP contribution in [0.1, 0.15) is 12.1 Å². The van der Waals surface area contributed by atoms with Crippen LogP contribution >= 0.6 is 0 Å². The van der Waals surface area contributed by atoms with E-state index in [9.17, 15) is 0 Å². The van der Waals surface area contributed by atoms with Gasteiger partial charge in [0.25, 0.3) is 0 Å². The van der Waals surface area contributed by atoms with E-state index in [0.29, 0.717) is 12.2 Å². The molecular formula is C9H12N4. The Morgan fingerprint density at radius 1 is 1.54 bits per heavy atom. The molecule has 0 unspecified atom stereocenters. The molecule has 0 radical (unpaired) electrons. The number of anilines is 1. The summed E-state index contributed by atoms with van der Waals surface area (Å²) < 4.78 is 0. The zero-order valence-corrected chi connectivity index (χ0v) is 7.33. The summed E-state index contributed by atoms with van der Waals surface area (Å²) in [5, 5.41) is 11.6. The molecule has 3 N–H and O–H groups in total. The van der Waals surface area contributed by atoms with E-state index in [4.69, 9.17) is 11.0 Å². The van der Waals surface area contributed by atoms with Crippen molar-refractivity contribution in [1.29, 1.82) is 5.26 Å². The summed E-state index contributed by atoms with van der Waals surface area (Å²) in [7, 11) is 0. The second kappa shape index (κ2) is 5.12. The molecule has 0 amide bonds. The minimum absolute atomic E-state index is 0.435. The van der Waals surface area contributed by atoms with Gasteiger partial charge in [0.1, 0.15) is 11.8 Å². The number of nitrogens with one attached hydrogen (secondary N) is 1. The van der Waals surface area contributed by atoms with Gasteiger partial charge < -0.3 is 11.1 Å². The van der Waals surface area contributed by atoms with Crippen molar-refractivity contribution in [2.45, 2.75) is 6.42 Å². The fourth-order valence-electron chi connectivity index (χ4n) is 0.899. The average Bonchev–Trinajstić information content (AvgIpc) is 2.19. The van der Waals surface area contributed by atoms with Crippen LogP contribution in [0.15, 0.2) is 18.3 Å². The van der Waals surface area contributed by atoms with Crippen LogP contribution in [0.25, 0.3) is 0 Å². The Balaban J connectivity index is 2.46. The minimum atomic E-state index is 0.435. The Labute approximate surface area is 77.4 Å². The van der Waals surface area contributed by atoms with Gasteiger partial charge in [0.15, 0.2) is 0 Å². The Kier molecular flexibility index (Phi) is 3.74. The Bertz CT molecular complexity index is 285. The van der Waals surface area contributed by atoms with Gasteiger partial charge in [-0.15, -0.1) is 0 Å². The molecule has 4 nitrogen and oxygen atoms in total. The number of nitrogens with two attached hydrogens (primary N) is 1. The molecule has 0 aromatic carbocycles. The summed E-state index contributed by atoms with van der Waals surface area (Å²) in [6.07, 6.45) is 2.58. The smallest absolute Gasteiger partial charge is 0.140 e. The first-order chi connectivity index (χ1) is 6.36. The molecule has 0 saturated carbocycles. The van der Waals surface area contributed by atoms with Gasteiger partial charge in [-0.25, -0.2) is 4.98 Å². The zero-order valence-electron chi connectivity index (χ0n) is 7.33. The van der Waals surface area contributed by atoms with E-state index in [1.54, 1.807) is 12.3 Å². The van der Waals surface area contributed by atoms with Gasteiger partial charge in [0.2, 0.25) is 0 Å². The van der Waals surface area contributed by atoms with Crippen LogP contribution in [-0.2, 0) is 0 Å². The maximum atomic E-state index is 8.49. The van der Waals surface area contributed by atoms with Crippen molar-refractivity contribution in [3.05, 3.63) is 24.0 Å². The number of nitrogens with zero attached hydrogens (tertiary/aromatic N) is 2. The highest BCUT2D eigenvalue weighted by atomic mass is 14.9. The first kappa shape index (κ1) is 9.49. The average molecular weight is 176 g/mol. The SMILES string of the molecule is N#Cc1ccc(NCCCN)cn1. The number of aromatic nitrogens is 1. The quantitative estimate of drug-likeness (QED) is 0.663. The highest BCUT2D eigenvalue weighted by Gasteiger charge is 1.92. The number of rotatable bonds is 4. The second-order valence-electron chi connectivity index (χ2n) is 2.61. The third kappa shape index (κ3) is 3.09. The van der Waals surface area contributed by atoms with E-state index >= 15 is 0 Å². The second-order valence-corrected chi connectivity index (χ2v) is 2.61. The van der Waals surface area contributed by atoms with Crippen molar-refractivity contribution in [3.63, 3.8) is 0 Å². The number of pyridine rings is 1. The van der Waals surface area contributed by atoms with E-state index in [0.717, 1.165) is 18.7 Å². The summed E-state index contributed by atoms with van der Waals surface area (Å²) in [6.45, 7) is 1.51. The van der Waals surface area contributed by atoms with Crippen LogP contribution in [0, 0.1) is 11.3 Å². The van der Waals surface area contributed by atoms with Gasteiger partial charge in [-0.05, 0) is 25.1 Å². The molecule has 1 heterocycles. The third-order valence-corrected chi connectivity index (χ3v) is 1.59. The number of hydrogen-bond donors (Lipinski definition) is 2. The summed E-state index contributed by atoms with van der Waals surface area (Å²) in [5.41, 5.74) is 6.70. The molecule has 0 bridgehead atoms. The van der Waals surface area contributed by atoms with Crippen LogP contribution in [0.5, 0.6) is 0 Å². The minimum Gasteiger partial charge on any atom is -0.384 e. The number of hydrogen-bond acceptors (Lipinski definition) is 4. The molecule has 1 rings (SSSR count). The summed E-state index contributed by atoms with van der Waals surface area (Å²) in [5.74, 6) is 0. The molecule has 0 aliphatic heterocycles. The van der Waals surface area contributed by atoms with Crippen molar-refractivity contribution in [1.82, 2.24) is 4.98 Å². The highest BCUT2D eigenvalue weighted by Crippen LogP contribution is 2.04. The lowest BCUT2D eigenvalue weighted by atomic mass is 10.3. The Hall–Kier alpha value is -1.60. The Morgan fingerprint density at radius 3 is 2.92 bits per heavy atom. The lowest BCUT2D eigenvalue weighted by molar-refractivity contribution is 0.873. The molecule has 0 aliphatic rings. The number of nitriles is 1. The lowest BCUT2D eigenvalue weighted by Crippen LogP contribution is -2.08. The monoisotopic (exact) mass is 176 g/mol. The molecule has 1 aromatic rings. The predicted octanol–water partition coefficient (Wildman–Crippen LogP) is 0.714. The van der Waals surface area contributed by atoms with Gasteiger partial charge in [-0.3, -0.25) is 0 Å². The molecule has 4 heteroatoms. The Morgan fingerprint density at radius 2 is 2.38 bits per heavy atom. The van der Waals surface area contributed by atoms with E-state index in [1.807, 2.05) is 12.1 Å². The molecular weight excluding hydrogens is 164 g/mol. The van der Waals surface area contributed by atoms with Gasteiger partial charge >= 0.3 is 0 Å². The lowest BCUT2D eigenvalue weighted by Gasteiger charge is -2.03. The first-order valence-electron chi connectivity index (χ1n) is 4.17.